The number of carbonyl (C=O) groups is 1. The van der Waals surface area contributed by atoms with Gasteiger partial charge < -0.3 is 9.73 Å². The SMILES string of the molecule is CC1CCCCN1S(=O)(=O)c1ccc(S(=O)(=O)N(CC(=O)Nc2ccccc2)Cc2ccco2)cc1. The molecule has 0 saturated carbocycles. The number of rotatable bonds is 9. The van der Waals surface area contributed by atoms with Crippen molar-refractivity contribution in [1.29, 1.82) is 0 Å². The number of piperidine rings is 1. The molecule has 1 aliphatic heterocycles. The number of nitrogens with zero attached hydrogens (tertiary/aromatic N) is 2. The van der Waals surface area contributed by atoms with Crippen molar-refractivity contribution in [3.05, 3.63) is 78.8 Å². The molecule has 0 radical (unpaired) electrons. The Kier molecular flexibility index (Phi) is 7.94. The summed E-state index contributed by atoms with van der Waals surface area (Å²) in [6, 6.07) is 17.0. The van der Waals surface area contributed by atoms with Crippen molar-refractivity contribution >= 4 is 31.6 Å². The summed E-state index contributed by atoms with van der Waals surface area (Å²) in [5, 5.41) is 2.68. The zero-order chi connectivity index (χ0) is 25.8. The first-order valence-electron chi connectivity index (χ1n) is 11.7. The summed E-state index contributed by atoms with van der Waals surface area (Å²) in [6.45, 7) is 1.70. The lowest BCUT2D eigenvalue weighted by molar-refractivity contribution is -0.116. The Hall–Kier alpha value is -2.99. The van der Waals surface area contributed by atoms with Gasteiger partial charge in [0.15, 0.2) is 0 Å². The first kappa shape index (κ1) is 26.1. The van der Waals surface area contributed by atoms with Crippen LogP contribution in [0.1, 0.15) is 31.9 Å². The molecule has 1 amide bonds. The average molecular weight is 532 g/mol. The average Bonchev–Trinajstić information content (AvgIpc) is 3.38. The number of benzene rings is 2. The molecule has 4 rings (SSSR count). The molecular weight excluding hydrogens is 502 g/mol. The van der Waals surface area contributed by atoms with Crippen LogP contribution in [0.5, 0.6) is 0 Å². The molecule has 1 N–H and O–H groups in total. The van der Waals surface area contributed by atoms with E-state index in [1.54, 1.807) is 42.5 Å². The largest absolute Gasteiger partial charge is 0.468 e. The summed E-state index contributed by atoms with van der Waals surface area (Å²) in [5.74, 6) is -0.154. The maximum Gasteiger partial charge on any atom is 0.243 e. The van der Waals surface area contributed by atoms with Crippen LogP contribution in [0.15, 0.2) is 87.2 Å². The number of nitrogens with one attached hydrogen (secondary N) is 1. The standard InChI is InChI=1S/C25H29N3O6S2/c1-20-8-5-6-16-28(20)36(32,33)24-14-12-23(13-15-24)35(30,31)27(18-22-11-7-17-34-22)19-25(29)26-21-9-3-2-4-10-21/h2-4,7,9-15,17,20H,5-6,8,16,18-19H2,1H3,(H,26,29). The third-order valence-electron chi connectivity index (χ3n) is 6.10. The van der Waals surface area contributed by atoms with Crippen LogP contribution in [0.2, 0.25) is 0 Å². The van der Waals surface area contributed by atoms with Crippen LogP contribution in [-0.4, -0.2) is 50.5 Å². The number of furan rings is 1. The minimum atomic E-state index is -4.16. The Balaban J connectivity index is 1.57. The lowest BCUT2D eigenvalue weighted by atomic mass is 10.1. The maximum atomic E-state index is 13.5. The molecule has 192 valence electrons. The predicted octanol–water partition coefficient (Wildman–Crippen LogP) is 3.67. The Bertz CT molecular complexity index is 1370. The van der Waals surface area contributed by atoms with Gasteiger partial charge in [0.1, 0.15) is 5.76 Å². The molecule has 9 nitrogen and oxygen atoms in total. The minimum Gasteiger partial charge on any atom is -0.468 e. The van der Waals surface area contributed by atoms with Crippen molar-refractivity contribution in [3.63, 3.8) is 0 Å². The highest BCUT2D eigenvalue weighted by Gasteiger charge is 2.32. The van der Waals surface area contributed by atoms with Crippen LogP contribution in [0, 0.1) is 0 Å². The Morgan fingerprint density at radius 1 is 0.972 bits per heavy atom. The molecule has 36 heavy (non-hydrogen) atoms. The van der Waals surface area contributed by atoms with Crippen LogP contribution in [0.25, 0.3) is 0 Å². The topological polar surface area (TPSA) is 117 Å². The van der Waals surface area contributed by atoms with Gasteiger partial charge in [-0.1, -0.05) is 24.6 Å². The van der Waals surface area contributed by atoms with Crippen LogP contribution in [-0.2, 0) is 31.4 Å². The highest BCUT2D eigenvalue weighted by Crippen LogP contribution is 2.27. The van der Waals surface area contributed by atoms with E-state index < -0.39 is 32.5 Å². The van der Waals surface area contributed by atoms with Crippen molar-refractivity contribution in [3.8, 4) is 0 Å². The van der Waals surface area contributed by atoms with Crippen molar-refractivity contribution in [2.75, 3.05) is 18.4 Å². The number of carbonyl (C=O) groups excluding carboxylic acids is 1. The van der Waals surface area contributed by atoms with Crippen molar-refractivity contribution < 1.29 is 26.0 Å². The number of anilines is 1. The van der Waals surface area contributed by atoms with Gasteiger partial charge in [-0.2, -0.15) is 8.61 Å². The second kappa shape index (κ2) is 11.0. The van der Waals surface area contributed by atoms with Gasteiger partial charge in [-0.05, 0) is 68.3 Å². The molecule has 1 aliphatic rings. The van der Waals surface area contributed by atoms with E-state index in [2.05, 4.69) is 5.32 Å². The number of hydrogen-bond donors (Lipinski definition) is 1. The Morgan fingerprint density at radius 2 is 1.67 bits per heavy atom. The highest BCUT2D eigenvalue weighted by atomic mass is 32.2. The van der Waals surface area contributed by atoms with Crippen LogP contribution >= 0.6 is 0 Å². The van der Waals surface area contributed by atoms with Gasteiger partial charge in [-0.25, -0.2) is 16.8 Å². The number of amides is 1. The van der Waals surface area contributed by atoms with Gasteiger partial charge in [-0.15, -0.1) is 0 Å². The second-order valence-electron chi connectivity index (χ2n) is 8.70. The molecular formula is C25H29N3O6S2. The summed E-state index contributed by atoms with van der Waals surface area (Å²) in [7, 11) is -7.90. The van der Waals surface area contributed by atoms with Gasteiger partial charge >= 0.3 is 0 Å². The zero-order valence-corrected chi connectivity index (χ0v) is 21.5. The Morgan fingerprint density at radius 3 is 2.31 bits per heavy atom. The van der Waals surface area contributed by atoms with Crippen LogP contribution in [0.4, 0.5) is 5.69 Å². The maximum absolute atomic E-state index is 13.5. The number of sulfonamides is 2. The van der Waals surface area contributed by atoms with E-state index >= 15 is 0 Å². The van der Waals surface area contributed by atoms with E-state index in [0.717, 1.165) is 23.6 Å². The molecule has 2 heterocycles. The normalized spacial score (nSPS) is 17.2. The van der Waals surface area contributed by atoms with Crippen LogP contribution < -0.4 is 5.32 Å². The molecule has 2 aromatic carbocycles. The fraction of sp³-hybridized carbons (Fsp3) is 0.320. The molecule has 11 heteroatoms. The molecule has 0 spiro atoms. The van der Waals surface area contributed by atoms with Gasteiger partial charge in [0, 0.05) is 18.3 Å². The quantitative estimate of drug-likeness (QED) is 0.450. The molecule has 3 aromatic rings. The van der Waals surface area contributed by atoms with Crippen molar-refractivity contribution in [2.24, 2.45) is 0 Å². The smallest absolute Gasteiger partial charge is 0.243 e. The predicted molar refractivity (Wildman–Crippen MR) is 135 cm³/mol. The van der Waals surface area contributed by atoms with Crippen molar-refractivity contribution in [2.45, 2.75) is 48.6 Å². The minimum absolute atomic E-state index is 0.0367. The van der Waals surface area contributed by atoms with E-state index in [1.807, 2.05) is 6.92 Å². The molecule has 0 aliphatic carbocycles. The fourth-order valence-corrected chi connectivity index (χ4v) is 7.24. The molecule has 1 saturated heterocycles. The summed E-state index contributed by atoms with van der Waals surface area (Å²) < 4.78 is 61.0. The number of para-hydroxylation sites is 1. The highest BCUT2D eigenvalue weighted by molar-refractivity contribution is 7.89. The summed E-state index contributed by atoms with van der Waals surface area (Å²) >= 11 is 0. The lowest BCUT2D eigenvalue weighted by Crippen LogP contribution is -2.41. The van der Waals surface area contributed by atoms with Crippen LogP contribution in [0.3, 0.4) is 0 Å². The van der Waals surface area contributed by atoms with Gasteiger partial charge in [0.25, 0.3) is 0 Å². The van der Waals surface area contributed by atoms with E-state index in [4.69, 9.17) is 4.42 Å². The zero-order valence-electron chi connectivity index (χ0n) is 19.9. The molecule has 0 bridgehead atoms. The van der Waals surface area contributed by atoms with Gasteiger partial charge in [0.05, 0.1) is 29.1 Å². The van der Waals surface area contributed by atoms with E-state index in [-0.39, 0.29) is 22.4 Å². The summed E-state index contributed by atoms with van der Waals surface area (Å²) in [6.07, 6.45) is 3.99. The van der Waals surface area contributed by atoms with E-state index in [1.165, 1.54) is 34.8 Å². The molecule has 1 atom stereocenters. The first-order chi connectivity index (χ1) is 17.2. The molecule has 1 fully saturated rings. The monoisotopic (exact) mass is 531 g/mol. The summed E-state index contributed by atoms with van der Waals surface area (Å²) in [4.78, 5) is 12.6. The third-order valence-corrected chi connectivity index (χ3v) is 9.93. The summed E-state index contributed by atoms with van der Waals surface area (Å²) in [5.41, 5.74) is 0.541. The fourth-order valence-electron chi connectivity index (χ4n) is 4.18. The lowest BCUT2D eigenvalue weighted by Gasteiger charge is -2.32. The van der Waals surface area contributed by atoms with Gasteiger partial charge in [-0.3, -0.25) is 4.79 Å². The van der Waals surface area contributed by atoms with E-state index in [9.17, 15) is 21.6 Å². The number of hydrogen-bond acceptors (Lipinski definition) is 6. The Labute approximate surface area is 211 Å². The van der Waals surface area contributed by atoms with Gasteiger partial charge in [0.2, 0.25) is 26.0 Å². The first-order valence-corrected chi connectivity index (χ1v) is 14.6. The molecule has 1 aromatic heterocycles. The van der Waals surface area contributed by atoms with E-state index in [0.29, 0.717) is 18.0 Å². The third kappa shape index (κ3) is 5.86. The van der Waals surface area contributed by atoms with Crippen molar-refractivity contribution in [1.82, 2.24) is 8.61 Å². The second-order valence-corrected chi connectivity index (χ2v) is 12.5. The molecule has 1 unspecified atom stereocenters.